The average molecular weight is 554 g/mol. The van der Waals surface area contributed by atoms with Gasteiger partial charge in [0.2, 0.25) is 5.88 Å². The van der Waals surface area contributed by atoms with Crippen LogP contribution in [0.4, 0.5) is 5.69 Å². The van der Waals surface area contributed by atoms with E-state index in [-0.39, 0.29) is 17.3 Å². The summed E-state index contributed by atoms with van der Waals surface area (Å²) in [6.45, 7) is 1.76. The highest BCUT2D eigenvalue weighted by atomic mass is 79.9. The predicted octanol–water partition coefficient (Wildman–Crippen LogP) is 7.09. The van der Waals surface area contributed by atoms with Gasteiger partial charge in [0.05, 0.1) is 12.2 Å². The second-order valence-electron chi connectivity index (χ2n) is 8.58. The normalized spacial score (nSPS) is 11.5. The predicted molar refractivity (Wildman–Crippen MR) is 147 cm³/mol. The summed E-state index contributed by atoms with van der Waals surface area (Å²) in [7, 11) is 0. The third kappa shape index (κ3) is 5.82. The van der Waals surface area contributed by atoms with E-state index < -0.39 is 5.91 Å². The van der Waals surface area contributed by atoms with Crippen LogP contribution in [-0.4, -0.2) is 25.5 Å². The molecule has 0 aliphatic carbocycles. The van der Waals surface area contributed by atoms with Crippen molar-refractivity contribution in [3.8, 4) is 5.88 Å². The van der Waals surface area contributed by atoms with Gasteiger partial charge in [-0.3, -0.25) is 19.2 Å². The zero-order chi connectivity index (χ0) is 25.6. The van der Waals surface area contributed by atoms with Crippen LogP contribution in [0.2, 0.25) is 0 Å². The molecule has 5 aromatic rings. The highest BCUT2D eigenvalue weighted by Gasteiger charge is 2.20. The number of hydrogen-bond donors (Lipinski definition) is 1. The Hall–Kier alpha value is -4.14. The number of aromatic hydroxyl groups is 1. The van der Waals surface area contributed by atoms with Crippen LogP contribution in [0.3, 0.4) is 0 Å². The lowest BCUT2D eigenvalue weighted by Crippen LogP contribution is -2.25. The fourth-order valence-electron chi connectivity index (χ4n) is 4.21. The molecule has 5 rings (SSSR count). The van der Waals surface area contributed by atoms with Crippen molar-refractivity contribution in [2.24, 2.45) is 10.2 Å². The average Bonchev–Trinajstić information content (AvgIpc) is 3.18. The summed E-state index contributed by atoms with van der Waals surface area (Å²) < 4.78 is 2.63. The summed E-state index contributed by atoms with van der Waals surface area (Å²) >= 11 is 3.51. The zero-order valence-corrected chi connectivity index (χ0v) is 21.5. The Bertz CT molecular complexity index is 1500. The Morgan fingerprint density at radius 2 is 1.54 bits per heavy atom. The molecule has 184 valence electrons. The van der Waals surface area contributed by atoms with E-state index in [4.69, 9.17) is 0 Å². The number of azo groups is 1. The molecule has 8 heteroatoms. The molecule has 0 aliphatic heterocycles. The summed E-state index contributed by atoms with van der Waals surface area (Å²) in [4.78, 5) is 18.8. The number of pyridine rings is 1. The Morgan fingerprint density at radius 3 is 2.16 bits per heavy atom. The molecule has 0 unspecified atom stereocenters. The van der Waals surface area contributed by atoms with E-state index in [1.165, 1.54) is 6.20 Å². The minimum atomic E-state index is -0.578. The van der Waals surface area contributed by atoms with Gasteiger partial charge in [0, 0.05) is 29.1 Å². The molecule has 7 nitrogen and oxygen atoms in total. The molecule has 1 amide bonds. The van der Waals surface area contributed by atoms with Crippen molar-refractivity contribution in [1.29, 1.82) is 0 Å². The molecule has 0 fully saturated rings. The van der Waals surface area contributed by atoms with Gasteiger partial charge in [-0.25, -0.2) is 0 Å². The lowest BCUT2D eigenvalue weighted by Gasteiger charge is -2.24. The first kappa shape index (κ1) is 24.5. The summed E-state index contributed by atoms with van der Waals surface area (Å²) in [5.41, 5.74) is 3.54. The fourth-order valence-corrected chi connectivity index (χ4v) is 4.57. The van der Waals surface area contributed by atoms with Crippen molar-refractivity contribution < 1.29 is 9.90 Å². The van der Waals surface area contributed by atoms with E-state index >= 15 is 0 Å². The van der Waals surface area contributed by atoms with E-state index in [9.17, 15) is 9.90 Å². The summed E-state index contributed by atoms with van der Waals surface area (Å²) in [6, 6.07) is 31.1. The van der Waals surface area contributed by atoms with Crippen molar-refractivity contribution in [3.05, 3.63) is 125 Å². The fraction of sp³-hybridized carbons (Fsp3) is 0.103. The first-order chi connectivity index (χ1) is 18.1. The maximum Gasteiger partial charge on any atom is 0.313 e. The number of hydrogen-bond acceptors (Lipinski definition) is 5. The second kappa shape index (κ2) is 11.3. The molecule has 0 aliphatic rings. The molecule has 0 radical (unpaired) electrons. The molecule has 2 heterocycles. The zero-order valence-electron chi connectivity index (χ0n) is 19.9. The van der Waals surface area contributed by atoms with Crippen molar-refractivity contribution >= 4 is 38.4 Å². The molecule has 0 bridgehead atoms. The first-order valence-electron chi connectivity index (χ1n) is 11.8. The standard InChI is InChI=1S/C29H24BrN5O2/c30-23-14-15-26-24(17-23)27(32-33-28(36)25-13-7-8-16-31-25)29(37)35(26)20-34(18-21-9-3-1-4-10-21)19-22-11-5-2-6-12-22/h1-17,37H,18-20H2. The molecule has 1 N–H and O–H groups in total. The first-order valence-corrected chi connectivity index (χ1v) is 12.6. The van der Waals surface area contributed by atoms with Gasteiger partial charge in [0.25, 0.3) is 0 Å². The summed E-state index contributed by atoms with van der Waals surface area (Å²) in [5.74, 6) is -0.637. The van der Waals surface area contributed by atoms with E-state index in [0.717, 1.165) is 21.1 Å². The third-order valence-corrected chi connectivity index (χ3v) is 6.43. The Kier molecular flexibility index (Phi) is 7.49. The molecular formula is C29H24BrN5O2. The van der Waals surface area contributed by atoms with Crippen LogP contribution in [0, 0.1) is 0 Å². The van der Waals surface area contributed by atoms with Gasteiger partial charge in [-0.15, -0.1) is 10.2 Å². The largest absolute Gasteiger partial charge is 0.493 e. The molecule has 37 heavy (non-hydrogen) atoms. The maximum absolute atomic E-state index is 12.5. The number of amides is 1. The molecular weight excluding hydrogens is 530 g/mol. The Balaban J connectivity index is 1.51. The van der Waals surface area contributed by atoms with Gasteiger partial charge in [-0.05, 0) is 41.5 Å². The van der Waals surface area contributed by atoms with Crippen molar-refractivity contribution in [2.45, 2.75) is 19.8 Å². The quantitative estimate of drug-likeness (QED) is 0.208. The van der Waals surface area contributed by atoms with Gasteiger partial charge in [0.15, 0.2) is 5.69 Å². The minimum absolute atomic E-state index is 0.0585. The SMILES string of the molecule is O=C(N=Nc1c(O)n(CN(Cc2ccccc2)Cc2ccccc2)c2ccc(Br)cc12)c1ccccn1. The number of nitrogens with zero attached hydrogens (tertiary/aromatic N) is 5. The van der Waals surface area contributed by atoms with E-state index in [1.54, 1.807) is 22.8 Å². The topological polar surface area (TPSA) is 83.1 Å². The van der Waals surface area contributed by atoms with Crippen LogP contribution in [-0.2, 0) is 19.8 Å². The molecule has 0 saturated heterocycles. The molecule has 2 aromatic heterocycles. The Morgan fingerprint density at radius 1 is 0.892 bits per heavy atom. The third-order valence-electron chi connectivity index (χ3n) is 5.94. The second-order valence-corrected chi connectivity index (χ2v) is 9.50. The van der Waals surface area contributed by atoms with E-state index in [1.807, 2.05) is 54.6 Å². The number of fused-ring (bicyclic) bond motifs is 1. The molecule has 3 aromatic carbocycles. The number of carbonyl (C=O) groups excluding carboxylic acids is 1. The molecule has 0 spiro atoms. The van der Waals surface area contributed by atoms with Crippen molar-refractivity contribution in [1.82, 2.24) is 14.5 Å². The monoisotopic (exact) mass is 553 g/mol. The lowest BCUT2D eigenvalue weighted by molar-refractivity contribution is 0.0990. The number of aromatic nitrogens is 2. The number of benzene rings is 3. The Labute approximate surface area is 222 Å². The van der Waals surface area contributed by atoms with Crippen LogP contribution in [0.25, 0.3) is 10.9 Å². The van der Waals surface area contributed by atoms with Gasteiger partial charge in [-0.2, -0.15) is 0 Å². The maximum atomic E-state index is 12.5. The smallest absolute Gasteiger partial charge is 0.313 e. The van der Waals surface area contributed by atoms with Crippen LogP contribution in [0.1, 0.15) is 21.6 Å². The van der Waals surface area contributed by atoms with E-state index in [0.29, 0.717) is 25.1 Å². The molecule has 0 atom stereocenters. The minimum Gasteiger partial charge on any atom is -0.493 e. The van der Waals surface area contributed by atoms with Crippen LogP contribution >= 0.6 is 15.9 Å². The van der Waals surface area contributed by atoms with E-state index in [2.05, 4.69) is 60.3 Å². The number of halogens is 1. The van der Waals surface area contributed by atoms with Gasteiger partial charge in [-0.1, -0.05) is 82.7 Å². The summed E-state index contributed by atoms with van der Waals surface area (Å²) in [5, 5.41) is 20.0. The van der Waals surface area contributed by atoms with Crippen molar-refractivity contribution in [2.75, 3.05) is 0 Å². The number of rotatable bonds is 8. The van der Waals surface area contributed by atoms with Gasteiger partial charge < -0.3 is 5.11 Å². The lowest BCUT2D eigenvalue weighted by atomic mass is 10.2. The van der Waals surface area contributed by atoms with Gasteiger partial charge in [0.1, 0.15) is 5.69 Å². The molecule has 0 saturated carbocycles. The van der Waals surface area contributed by atoms with Crippen LogP contribution in [0.5, 0.6) is 5.88 Å². The highest BCUT2D eigenvalue weighted by Crippen LogP contribution is 2.40. The summed E-state index contributed by atoms with van der Waals surface area (Å²) in [6.07, 6.45) is 1.53. The van der Waals surface area contributed by atoms with Gasteiger partial charge >= 0.3 is 5.91 Å². The van der Waals surface area contributed by atoms with Crippen LogP contribution in [0.15, 0.2) is 118 Å². The van der Waals surface area contributed by atoms with Crippen molar-refractivity contribution in [3.63, 3.8) is 0 Å². The number of carbonyl (C=O) groups is 1. The highest BCUT2D eigenvalue weighted by molar-refractivity contribution is 9.10. The van der Waals surface area contributed by atoms with Crippen LogP contribution < -0.4 is 0 Å².